The van der Waals surface area contributed by atoms with E-state index in [4.69, 9.17) is 4.74 Å². The Bertz CT molecular complexity index is 690. The smallest absolute Gasteiger partial charge is 0.302 e. The molecule has 28 heavy (non-hydrogen) atoms. The first-order chi connectivity index (χ1) is 13.1. The number of fused-ring (bicyclic) bond motifs is 5. The second-order valence-corrected chi connectivity index (χ2v) is 10.1. The number of carbonyl (C=O) groups excluding carboxylic acids is 1. The second kappa shape index (κ2) is 6.76. The van der Waals surface area contributed by atoms with Gasteiger partial charge in [-0.15, -0.1) is 0 Å². The maximum atomic E-state index is 13.6. The summed E-state index contributed by atoms with van der Waals surface area (Å²) >= 11 is 0. The molecule has 4 nitrogen and oxygen atoms in total. The minimum atomic E-state index is -1.56. The SMILES string of the molecule is CC(=O)O[C@H]1CC[C@]2(C)C3CC[C@]4(C)C(=C(F)F)CCC4C3[C@@H](O)[C@H](O)C2C1. The van der Waals surface area contributed by atoms with Gasteiger partial charge in [0, 0.05) is 12.5 Å². The van der Waals surface area contributed by atoms with Gasteiger partial charge in [0.1, 0.15) is 6.10 Å². The molecule has 4 rings (SSSR count). The Morgan fingerprint density at radius 2 is 1.75 bits per heavy atom. The van der Waals surface area contributed by atoms with Crippen molar-refractivity contribution in [3.63, 3.8) is 0 Å². The van der Waals surface area contributed by atoms with Crippen molar-refractivity contribution in [3.05, 3.63) is 11.7 Å². The molecule has 0 amide bonds. The van der Waals surface area contributed by atoms with Gasteiger partial charge in [-0.25, -0.2) is 0 Å². The Morgan fingerprint density at radius 1 is 1.04 bits per heavy atom. The lowest BCUT2D eigenvalue weighted by atomic mass is 9.43. The molecule has 0 spiro atoms. The first-order valence-corrected chi connectivity index (χ1v) is 10.7. The van der Waals surface area contributed by atoms with E-state index in [1.54, 1.807) is 0 Å². The van der Waals surface area contributed by atoms with E-state index in [9.17, 15) is 23.8 Å². The number of aliphatic hydroxyl groups is 2. The Kier molecular flexibility index (Phi) is 4.90. The van der Waals surface area contributed by atoms with Gasteiger partial charge < -0.3 is 14.9 Å². The van der Waals surface area contributed by atoms with Crippen LogP contribution in [0.5, 0.6) is 0 Å². The summed E-state index contributed by atoms with van der Waals surface area (Å²) in [5, 5.41) is 22.2. The van der Waals surface area contributed by atoms with Crippen LogP contribution in [0.25, 0.3) is 0 Å². The van der Waals surface area contributed by atoms with Gasteiger partial charge in [0.25, 0.3) is 6.08 Å². The van der Waals surface area contributed by atoms with E-state index in [0.717, 1.165) is 19.3 Å². The summed E-state index contributed by atoms with van der Waals surface area (Å²) in [6, 6.07) is 0. The third-order valence-electron chi connectivity index (χ3n) is 9.05. The summed E-state index contributed by atoms with van der Waals surface area (Å²) in [6.45, 7) is 5.52. The van der Waals surface area contributed by atoms with Crippen LogP contribution in [0.3, 0.4) is 0 Å². The molecule has 0 aromatic carbocycles. The van der Waals surface area contributed by atoms with Gasteiger partial charge >= 0.3 is 5.97 Å². The van der Waals surface area contributed by atoms with Crippen molar-refractivity contribution in [1.82, 2.24) is 0 Å². The van der Waals surface area contributed by atoms with Crippen LogP contribution in [0.4, 0.5) is 8.78 Å². The summed E-state index contributed by atoms with van der Waals surface area (Å²) in [7, 11) is 0. The second-order valence-electron chi connectivity index (χ2n) is 10.1. The summed E-state index contributed by atoms with van der Waals surface area (Å²) in [5.74, 6) is -0.424. The maximum Gasteiger partial charge on any atom is 0.302 e. The molecule has 0 aromatic rings. The van der Waals surface area contributed by atoms with Crippen molar-refractivity contribution in [3.8, 4) is 0 Å². The van der Waals surface area contributed by atoms with Crippen LogP contribution in [0, 0.1) is 34.5 Å². The molecule has 4 aliphatic rings. The fraction of sp³-hybridized carbons (Fsp3) is 0.864. The highest BCUT2D eigenvalue weighted by atomic mass is 19.3. The number of halogens is 2. The van der Waals surface area contributed by atoms with Crippen molar-refractivity contribution < 1.29 is 28.5 Å². The molecule has 4 fully saturated rings. The van der Waals surface area contributed by atoms with Gasteiger partial charge in [0.2, 0.25) is 0 Å². The molecule has 2 N–H and O–H groups in total. The lowest BCUT2D eigenvalue weighted by Crippen LogP contribution is -2.64. The van der Waals surface area contributed by atoms with Gasteiger partial charge in [-0.1, -0.05) is 13.8 Å². The van der Waals surface area contributed by atoms with Gasteiger partial charge in [0.15, 0.2) is 0 Å². The largest absolute Gasteiger partial charge is 0.463 e. The molecule has 4 aliphatic carbocycles. The van der Waals surface area contributed by atoms with E-state index in [1.165, 1.54) is 6.92 Å². The number of hydrogen-bond acceptors (Lipinski definition) is 4. The van der Waals surface area contributed by atoms with Crippen molar-refractivity contribution in [2.45, 2.75) is 84.0 Å². The number of aliphatic hydroxyl groups excluding tert-OH is 2. The first kappa shape index (κ1) is 20.3. The number of esters is 1. The maximum absolute atomic E-state index is 13.6. The number of rotatable bonds is 1. The lowest BCUT2D eigenvalue weighted by Gasteiger charge is -2.63. The predicted molar refractivity (Wildman–Crippen MR) is 99.3 cm³/mol. The third-order valence-corrected chi connectivity index (χ3v) is 9.05. The quantitative estimate of drug-likeness (QED) is 0.654. The molecule has 0 aliphatic heterocycles. The predicted octanol–water partition coefficient (Wildman–Crippen LogP) is 4.05. The molecule has 9 atom stereocenters. The van der Waals surface area contributed by atoms with E-state index in [2.05, 4.69) is 6.92 Å². The summed E-state index contributed by atoms with van der Waals surface area (Å²) in [6.07, 6.45) is 1.10. The Hall–Kier alpha value is -1.01. The van der Waals surface area contributed by atoms with Crippen LogP contribution < -0.4 is 0 Å². The van der Waals surface area contributed by atoms with Crippen molar-refractivity contribution in [2.24, 2.45) is 34.5 Å². The van der Waals surface area contributed by atoms with Crippen LogP contribution in [0.2, 0.25) is 0 Å². The Morgan fingerprint density at radius 3 is 2.39 bits per heavy atom. The average molecular weight is 398 g/mol. The number of ether oxygens (including phenoxy) is 1. The summed E-state index contributed by atoms with van der Waals surface area (Å²) in [5.41, 5.74) is -0.468. The highest BCUT2D eigenvalue weighted by Crippen LogP contribution is 2.67. The zero-order valence-corrected chi connectivity index (χ0v) is 17.0. The fourth-order valence-electron chi connectivity index (χ4n) is 7.69. The van der Waals surface area contributed by atoms with E-state index < -0.39 is 23.7 Å². The number of allylic oxidation sites excluding steroid dienone is 1. The van der Waals surface area contributed by atoms with Crippen LogP contribution in [0.15, 0.2) is 11.7 Å². The van der Waals surface area contributed by atoms with Gasteiger partial charge in [-0.3, -0.25) is 4.79 Å². The van der Waals surface area contributed by atoms with E-state index in [0.29, 0.717) is 25.7 Å². The highest BCUT2D eigenvalue weighted by Gasteiger charge is 2.64. The molecule has 0 heterocycles. The zero-order chi connectivity index (χ0) is 20.4. The van der Waals surface area contributed by atoms with Gasteiger partial charge in [-0.05, 0) is 79.4 Å². The lowest BCUT2D eigenvalue weighted by molar-refractivity contribution is -0.220. The number of hydrogen-bond donors (Lipinski definition) is 2. The monoisotopic (exact) mass is 398 g/mol. The summed E-state index contributed by atoms with van der Waals surface area (Å²) < 4.78 is 32.6. The van der Waals surface area contributed by atoms with Crippen LogP contribution in [-0.2, 0) is 9.53 Å². The van der Waals surface area contributed by atoms with Crippen molar-refractivity contribution in [1.29, 1.82) is 0 Å². The van der Waals surface area contributed by atoms with Crippen molar-refractivity contribution in [2.75, 3.05) is 0 Å². The van der Waals surface area contributed by atoms with Gasteiger partial charge in [0.05, 0.1) is 12.2 Å². The molecule has 0 aromatic heterocycles. The van der Waals surface area contributed by atoms with Gasteiger partial charge in [-0.2, -0.15) is 8.78 Å². The summed E-state index contributed by atoms with van der Waals surface area (Å²) in [4.78, 5) is 11.4. The topological polar surface area (TPSA) is 66.8 Å². The number of carbonyl (C=O) groups is 1. The molecule has 6 heteroatoms. The molecule has 0 radical (unpaired) electrons. The van der Waals surface area contributed by atoms with Crippen LogP contribution in [0.1, 0.15) is 65.7 Å². The van der Waals surface area contributed by atoms with E-state index in [-0.39, 0.29) is 46.7 Å². The molecule has 158 valence electrons. The standard InChI is InChI=1S/C22H32F2O4/c1-11(25)28-12-6-8-22(3)14-7-9-21(2)13(4-5-15(21)20(23)24)17(14)19(27)18(26)16(22)10-12/h12-14,16-19,26-27H,4-10H2,1-3H3/t12-,13?,14?,16?,17?,18+,19+,21-,22+/m0/s1. The van der Waals surface area contributed by atoms with E-state index >= 15 is 0 Å². The average Bonchev–Trinajstić information content (AvgIpc) is 2.97. The molecule has 0 saturated heterocycles. The minimum absolute atomic E-state index is 0.0173. The van der Waals surface area contributed by atoms with E-state index in [1.807, 2.05) is 6.92 Å². The fourth-order valence-corrected chi connectivity index (χ4v) is 7.69. The zero-order valence-electron chi connectivity index (χ0n) is 17.0. The third kappa shape index (κ3) is 2.78. The molecular weight excluding hydrogens is 366 g/mol. The van der Waals surface area contributed by atoms with Crippen LogP contribution in [-0.4, -0.2) is 34.5 Å². The minimum Gasteiger partial charge on any atom is -0.463 e. The highest BCUT2D eigenvalue weighted by molar-refractivity contribution is 5.66. The first-order valence-electron chi connectivity index (χ1n) is 10.7. The normalized spacial score (nSPS) is 50.4. The Balaban J connectivity index is 1.66. The van der Waals surface area contributed by atoms with Crippen molar-refractivity contribution >= 4 is 5.97 Å². The van der Waals surface area contributed by atoms with Crippen LogP contribution >= 0.6 is 0 Å². The molecule has 4 saturated carbocycles. The molecule has 0 bridgehead atoms. The Labute approximate surface area is 165 Å². The molecular formula is C22H32F2O4. The molecule has 4 unspecified atom stereocenters.